The number of nitriles is 1. The zero-order chi connectivity index (χ0) is 62.5. The van der Waals surface area contributed by atoms with Gasteiger partial charge in [0.05, 0.1) is 45.1 Å². The van der Waals surface area contributed by atoms with E-state index in [0.29, 0.717) is 63.5 Å². The van der Waals surface area contributed by atoms with Gasteiger partial charge in [-0.25, -0.2) is 44.9 Å². The molecule has 0 aliphatic rings. The molecule has 12 nitrogen and oxygen atoms in total. The molecular formula is C82H50N12. The largest absolute Gasteiger partial charge is 0.309 e. The van der Waals surface area contributed by atoms with Crippen LogP contribution in [-0.2, 0) is 0 Å². The lowest BCUT2D eigenvalue weighted by Gasteiger charge is -2.20. The molecular weight excluding hydrogens is 1150 g/mol. The predicted octanol–water partition coefficient (Wildman–Crippen LogP) is 19.0. The van der Waals surface area contributed by atoms with Crippen LogP contribution in [0.3, 0.4) is 0 Å². The molecule has 0 aliphatic carbocycles. The molecule has 0 fully saturated rings. The van der Waals surface area contributed by atoms with Crippen molar-refractivity contribution in [2.24, 2.45) is 0 Å². The second-order valence-corrected chi connectivity index (χ2v) is 22.8. The van der Waals surface area contributed by atoms with Crippen LogP contribution in [0.1, 0.15) is 5.56 Å². The third-order valence-corrected chi connectivity index (χ3v) is 17.1. The SMILES string of the molecule is N#Cc1cccc(-n2c3ccccc3c3cc(-c4nc(-c5ccccc5)nc(-c5ccccc5)n4)ccc32)c1-c1cc(-c2nc(-c3ccccc3)nc(-c3ccccc3)n2)ccc1-n1c2ccccc2c2cc(-c3nc(-c4ccccc4)nc(-c4ccccc4)n3)ccc21. The highest BCUT2D eigenvalue weighted by Gasteiger charge is 2.26. The zero-order valence-electron chi connectivity index (χ0n) is 50.2. The Balaban J connectivity index is 0.903. The molecule has 0 aliphatic heterocycles. The third-order valence-electron chi connectivity index (χ3n) is 17.1. The van der Waals surface area contributed by atoms with Crippen molar-refractivity contribution >= 4 is 43.6 Å². The molecule has 5 aromatic heterocycles. The molecule has 0 bridgehead atoms. The number of hydrogen-bond acceptors (Lipinski definition) is 10. The number of hydrogen-bond donors (Lipinski definition) is 0. The molecule has 12 aromatic carbocycles. The van der Waals surface area contributed by atoms with Gasteiger partial charge >= 0.3 is 0 Å². The second kappa shape index (κ2) is 23.3. The van der Waals surface area contributed by atoms with Crippen LogP contribution < -0.4 is 0 Å². The summed E-state index contributed by atoms with van der Waals surface area (Å²) in [5.41, 5.74) is 15.0. The molecule has 0 N–H and O–H groups in total. The standard InChI is InChI=1S/C82H50N12/c83-51-61-36-23-41-72(94-68-40-22-20-38-63(68)65-49-59(43-46-70(65)94)81-89-76(54-28-11-3-12-29-54)85-77(90-81)55-30-13-4-14-31-55)73(61)66-50-60(82-91-78(56-32-15-5-16-33-56)86-79(92-82)57-34-17-6-18-35-57)44-47-71(66)93-67-39-21-19-37-62(67)64-48-58(42-45-69(64)93)80-87-74(52-24-7-1-8-25-52)84-75(88-80)53-26-9-2-10-27-53/h1-50H. The molecule has 0 amide bonds. The van der Waals surface area contributed by atoms with Crippen molar-refractivity contribution < 1.29 is 0 Å². The van der Waals surface area contributed by atoms with Crippen molar-refractivity contribution in [3.63, 3.8) is 0 Å². The first-order valence-corrected chi connectivity index (χ1v) is 30.9. The summed E-state index contributed by atoms with van der Waals surface area (Å²) in [6.45, 7) is 0. The van der Waals surface area contributed by atoms with Crippen molar-refractivity contribution in [3.05, 3.63) is 309 Å². The van der Waals surface area contributed by atoms with E-state index in [1.54, 1.807) is 0 Å². The lowest BCUT2D eigenvalue weighted by molar-refractivity contribution is 1.07. The van der Waals surface area contributed by atoms with Gasteiger partial charge in [-0.15, -0.1) is 0 Å². The van der Waals surface area contributed by atoms with Crippen molar-refractivity contribution in [1.29, 1.82) is 5.26 Å². The van der Waals surface area contributed by atoms with Crippen molar-refractivity contribution in [2.75, 3.05) is 0 Å². The first kappa shape index (κ1) is 54.9. The van der Waals surface area contributed by atoms with Gasteiger partial charge < -0.3 is 9.13 Å². The Hall–Kier alpha value is -13.2. The molecule has 438 valence electrons. The van der Waals surface area contributed by atoms with E-state index < -0.39 is 0 Å². The monoisotopic (exact) mass is 1200 g/mol. The summed E-state index contributed by atoms with van der Waals surface area (Å²) < 4.78 is 4.59. The van der Waals surface area contributed by atoms with Crippen LogP contribution in [-0.4, -0.2) is 54.0 Å². The highest BCUT2D eigenvalue weighted by Crippen LogP contribution is 2.45. The molecule has 17 aromatic rings. The quantitative estimate of drug-likeness (QED) is 0.116. The number of para-hydroxylation sites is 2. The van der Waals surface area contributed by atoms with E-state index in [1.807, 2.05) is 194 Å². The minimum atomic E-state index is 0.470. The Morgan fingerprint density at radius 1 is 0.223 bits per heavy atom. The number of rotatable bonds is 12. The minimum absolute atomic E-state index is 0.470. The van der Waals surface area contributed by atoms with Crippen molar-refractivity contribution in [2.45, 2.75) is 0 Å². The van der Waals surface area contributed by atoms with Gasteiger partial charge in [-0.1, -0.05) is 224 Å². The van der Waals surface area contributed by atoms with Crippen LogP contribution in [0.4, 0.5) is 0 Å². The maximum absolute atomic E-state index is 11.7. The molecule has 17 rings (SSSR count). The van der Waals surface area contributed by atoms with Crippen LogP contribution in [0, 0.1) is 11.3 Å². The van der Waals surface area contributed by atoms with E-state index in [1.165, 1.54) is 0 Å². The maximum atomic E-state index is 11.7. The summed E-state index contributed by atoms with van der Waals surface area (Å²) in [6.07, 6.45) is 0. The normalized spacial score (nSPS) is 11.4. The minimum Gasteiger partial charge on any atom is -0.309 e. The molecule has 0 atom stereocenters. The van der Waals surface area contributed by atoms with Gasteiger partial charge in [0.15, 0.2) is 52.4 Å². The molecule has 0 unspecified atom stereocenters. The summed E-state index contributed by atoms with van der Waals surface area (Å²) >= 11 is 0. The molecule has 0 spiro atoms. The first-order chi connectivity index (χ1) is 46.5. The van der Waals surface area contributed by atoms with Crippen LogP contribution >= 0.6 is 0 Å². The van der Waals surface area contributed by atoms with E-state index in [0.717, 1.165) is 111 Å². The van der Waals surface area contributed by atoms with Crippen LogP contribution in [0.5, 0.6) is 0 Å². The Kier molecular flexibility index (Phi) is 13.6. The number of nitrogens with zero attached hydrogens (tertiary/aromatic N) is 12. The smallest absolute Gasteiger partial charge is 0.164 e. The highest BCUT2D eigenvalue weighted by molar-refractivity contribution is 6.13. The van der Waals surface area contributed by atoms with Crippen LogP contribution in [0.15, 0.2) is 303 Å². The van der Waals surface area contributed by atoms with Gasteiger partial charge in [0, 0.05) is 82.7 Å². The molecule has 0 saturated heterocycles. The number of aromatic nitrogens is 11. The van der Waals surface area contributed by atoms with Gasteiger partial charge in [-0.2, -0.15) is 5.26 Å². The molecule has 94 heavy (non-hydrogen) atoms. The summed E-state index contributed by atoms with van der Waals surface area (Å²) in [5.74, 6) is 4.94. The average molecular weight is 1200 g/mol. The average Bonchev–Trinajstić information content (AvgIpc) is 1.54. The molecule has 0 saturated carbocycles. The topological polar surface area (TPSA) is 150 Å². The summed E-state index contributed by atoms with van der Waals surface area (Å²) in [7, 11) is 0. The van der Waals surface area contributed by atoms with Gasteiger partial charge in [0.2, 0.25) is 0 Å². The van der Waals surface area contributed by atoms with Crippen molar-refractivity contribution in [3.8, 4) is 131 Å². The van der Waals surface area contributed by atoms with Crippen molar-refractivity contribution in [1.82, 2.24) is 54.0 Å². The van der Waals surface area contributed by atoms with Crippen LogP contribution in [0.25, 0.3) is 169 Å². The number of fused-ring (bicyclic) bond motifs is 6. The van der Waals surface area contributed by atoms with E-state index in [4.69, 9.17) is 44.9 Å². The molecule has 5 heterocycles. The molecule has 0 radical (unpaired) electrons. The summed E-state index contributed by atoms with van der Waals surface area (Å²) in [6, 6.07) is 105. The fourth-order valence-electron chi connectivity index (χ4n) is 12.7. The fraction of sp³-hybridized carbons (Fsp3) is 0. The third kappa shape index (κ3) is 9.86. The highest BCUT2D eigenvalue weighted by atomic mass is 15.1. The Bertz CT molecular complexity index is 5620. The second-order valence-electron chi connectivity index (χ2n) is 22.8. The predicted molar refractivity (Wildman–Crippen MR) is 374 cm³/mol. The number of benzene rings is 12. The van der Waals surface area contributed by atoms with Gasteiger partial charge in [-0.3, -0.25) is 0 Å². The van der Waals surface area contributed by atoms with Gasteiger partial charge in [-0.05, 0) is 78.9 Å². The van der Waals surface area contributed by atoms with E-state index in [2.05, 4.69) is 124 Å². The van der Waals surface area contributed by atoms with Crippen LogP contribution in [0.2, 0.25) is 0 Å². The summed E-state index contributed by atoms with van der Waals surface area (Å²) in [4.78, 5) is 46.2. The van der Waals surface area contributed by atoms with E-state index in [-0.39, 0.29) is 0 Å². The molecule has 12 heteroatoms. The first-order valence-electron chi connectivity index (χ1n) is 30.9. The Morgan fingerprint density at radius 2 is 0.511 bits per heavy atom. The summed E-state index contributed by atoms with van der Waals surface area (Å²) in [5, 5.41) is 15.7. The maximum Gasteiger partial charge on any atom is 0.164 e. The lowest BCUT2D eigenvalue weighted by Crippen LogP contribution is -2.05. The Morgan fingerprint density at radius 3 is 0.862 bits per heavy atom. The zero-order valence-corrected chi connectivity index (χ0v) is 50.2. The fourth-order valence-corrected chi connectivity index (χ4v) is 12.7. The lowest BCUT2D eigenvalue weighted by atomic mass is 9.94. The Labute approximate surface area is 539 Å². The van der Waals surface area contributed by atoms with Gasteiger partial charge in [0.25, 0.3) is 0 Å². The van der Waals surface area contributed by atoms with Gasteiger partial charge in [0.1, 0.15) is 0 Å². The van der Waals surface area contributed by atoms with E-state index in [9.17, 15) is 5.26 Å². The van der Waals surface area contributed by atoms with E-state index >= 15 is 0 Å².